The van der Waals surface area contributed by atoms with Crippen LogP contribution in [0.4, 0.5) is 5.69 Å². The molecule has 0 spiro atoms. The molecule has 1 heterocycles. The Morgan fingerprint density at radius 2 is 2.10 bits per heavy atom. The van der Waals surface area contributed by atoms with Crippen molar-refractivity contribution in [3.05, 3.63) is 41.3 Å². The van der Waals surface area contributed by atoms with E-state index < -0.39 is 10.0 Å². The smallest absolute Gasteiger partial charge is 0.273 e. The minimum atomic E-state index is -3.71. The van der Waals surface area contributed by atoms with E-state index in [9.17, 15) is 13.5 Å². The Morgan fingerprint density at radius 3 is 2.62 bits per heavy atom. The van der Waals surface area contributed by atoms with Crippen LogP contribution in [-0.2, 0) is 10.0 Å². The Bertz CT molecular complexity index is 768. The maximum absolute atomic E-state index is 12.7. The molecule has 0 saturated heterocycles. The van der Waals surface area contributed by atoms with Gasteiger partial charge in [0.1, 0.15) is 14.9 Å². The normalized spacial score (nSPS) is 11.3. The van der Waals surface area contributed by atoms with Gasteiger partial charge in [0, 0.05) is 12.6 Å². The number of benzene rings is 1. The van der Waals surface area contributed by atoms with E-state index in [1.165, 1.54) is 22.5 Å². The molecule has 0 radical (unpaired) electrons. The number of sulfonamides is 1. The van der Waals surface area contributed by atoms with E-state index >= 15 is 0 Å². The van der Waals surface area contributed by atoms with E-state index in [0.717, 1.165) is 11.3 Å². The van der Waals surface area contributed by atoms with Crippen molar-refractivity contribution in [2.75, 3.05) is 10.8 Å². The Morgan fingerprint density at radius 1 is 1.38 bits per heavy atom. The van der Waals surface area contributed by atoms with Gasteiger partial charge in [-0.1, -0.05) is 18.3 Å². The van der Waals surface area contributed by atoms with Gasteiger partial charge in [0.2, 0.25) is 0 Å². The topological polar surface area (TPSA) is 83.6 Å². The van der Waals surface area contributed by atoms with E-state index in [1.54, 1.807) is 25.1 Å². The van der Waals surface area contributed by atoms with Crippen molar-refractivity contribution in [1.82, 2.24) is 0 Å². The lowest BCUT2D eigenvalue weighted by molar-refractivity contribution is 0.475. The number of hydrogen-bond acceptors (Lipinski definition) is 5. The van der Waals surface area contributed by atoms with Crippen molar-refractivity contribution < 1.29 is 13.5 Å². The molecule has 0 unspecified atom stereocenters. The molecule has 0 atom stereocenters. The van der Waals surface area contributed by atoms with Gasteiger partial charge >= 0.3 is 0 Å². The van der Waals surface area contributed by atoms with Crippen LogP contribution in [0.1, 0.15) is 11.8 Å². The molecule has 3 N–H and O–H groups in total. The molecule has 1 aromatic carbocycles. The second-order valence-corrected chi connectivity index (χ2v) is 7.79. The molecule has 0 amide bonds. The van der Waals surface area contributed by atoms with Crippen LogP contribution in [0.5, 0.6) is 5.75 Å². The maximum Gasteiger partial charge on any atom is 0.273 e. The first-order chi connectivity index (χ1) is 9.86. The number of thiophene rings is 1. The number of phenols is 1. The summed E-state index contributed by atoms with van der Waals surface area (Å²) in [4.78, 5) is 0.720. The van der Waals surface area contributed by atoms with Crippen LogP contribution >= 0.6 is 23.6 Å². The molecule has 8 heteroatoms. The van der Waals surface area contributed by atoms with Crippen molar-refractivity contribution >= 4 is 44.3 Å². The predicted molar refractivity (Wildman–Crippen MR) is 88.5 cm³/mol. The minimum Gasteiger partial charge on any atom is -0.508 e. The van der Waals surface area contributed by atoms with Gasteiger partial charge in [-0.05, 0) is 31.2 Å². The molecule has 0 aliphatic carbocycles. The average Bonchev–Trinajstić information content (AvgIpc) is 2.89. The first kappa shape index (κ1) is 15.7. The highest BCUT2D eigenvalue weighted by atomic mass is 32.2. The number of hydrogen-bond donors (Lipinski definition) is 2. The molecule has 0 fully saturated rings. The zero-order valence-corrected chi connectivity index (χ0v) is 13.6. The Labute approximate surface area is 132 Å². The van der Waals surface area contributed by atoms with Gasteiger partial charge < -0.3 is 10.8 Å². The summed E-state index contributed by atoms with van der Waals surface area (Å²) in [7, 11) is -3.71. The summed E-state index contributed by atoms with van der Waals surface area (Å²) >= 11 is 5.88. The van der Waals surface area contributed by atoms with E-state index in [2.05, 4.69) is 0 Å². The monoisotopic (exact) mass is 342 g/mol. The number of phenolic OH excluding ortho intramolecular Hbond substituents is 1. The van der Waals surface area contributed by atoms with Gasteiger partial charge in [0.05, 0.1) is 10.6 Å². The summed E-state index contributed by atoms with van der Waals surface area (Å²) in [5, 5.41) is 9.52. The van der Waals surface area contributed by atoms with Crippen LogP contribution in [0.2, 0.25) is 0 Å². The second-order valence-electron chi connectivity index (χ2n) is 4.17. The molecule has 0 aliphatic rings. The van der Waals surface area contributed by atoms with Crippen molar-refractivity contribution in [3.63, 3.8) is 0 Å². The molecule has 1 aromatic heterocycles. The lowest BCUT2D eigenvalue weighted by Gasteiger charge is -2.22. The van der Waals surface area contributed by atoms with Gasteiger partial charge in [0.15, 0.2) is 0 Å². The molecule has 0 bridgehead atoms. The molecule has 5 nitrogen and oxygen atoms in total. The summed E-state index contributed by atoms with van der Waals surface area (Å²) in [6.45, 7) is 1.97. The molecule has 2 rings (SSSR count). The van der Waals surface area contributed by atoms with Crippen molar-refractivity contribution in [2.24, 2.45) is 5.73 Å². The molecular weight excluding hydrogens is 328 g/mol. The zero-order chi connectivity index (χ0) is 15.6. The Kier molecular flexibility index (Phi) is 4.50. The second kappa shape index (κ2) is 6.00. The van der Waals surface area contributed by atoms with E-state index in [0.29, 0.717) is 10.6 Å². The molecule has 0 saturated carbocycles. The predicted octanol–water partition coefficient (Wildman–Crippen LogP) is 2.30. The largest absolute Gasteiger partial charge is 0.508 e. The first-order valence-corrected chi connectivity index (χ1v) is 8.74. The number of rotatable bonds is 5. The summed E-state index contributed by atoms with van der Waals surface area (Å²) in [5.74, 6) is 0.0103. The highest BCUT2D eigenvalue weighted by Gasteiger charge is 2.25. The average molecular weight is 342 g/mol. The first-order valence-electron chi connectivity index (χ1n) is 6.07. The van der Waals surface area contributed by atoms with Crippen molar-refractivity contribution in [3.8, 4) is 5.75 Å². The standard InChI is InChI=1S/C13H14N2O3S3/c1-2-15(9-4-3-5-10(16)8-9)21(17,18)12-7-6-11(20-12)13(14)19/h3-8,16H,2H2,1H3,(H2,14,19). The fourth-order valence-corrected chi connectivity index (χ4v) is 4.77. The van der Waals surface area contributed by atoms with Crippen LogP contribution in [0.3, 0.4) is 0 Å². The van der Waals surface area contributed by atoms with Crippen LogP contribution in [-0.4, -0.2) is 25.1 Å². The number of aromatic hydroxyl groups is 1. The third-order valence-corrected chi connectivity index (χ3v) is 6.61. The molecule has 21 heavy (non-hydrogen) atoms. The van der Waals surface area contributed by atoms with Crippen LogP contribution in [0, 0.1) is 0 Å². The summed E-state index contributed by atoms with van der Waals surface area (Å²) in [5.41, 5.74) is 5.92. The minimum absolute atomic E-state index is 0.0103. The van der Waals surface area contributed by atoms with Crippen molar-refractivity contribution in [2.45, 2.75) is 11.1 Å². The molecule has 2 aromatic rings. The van der Waals surface area contributed by atoms with E-state index in [4.69, 9.17) is 18.0 Å². The number of anilines is 1. The van der Waals surface area contributed by atoms with E-state index in [1.807, 2.05) is 0 Å². The number of nitrogens with zero attached hydrogens (tertiary/aromatic N) is 1. The van der Waals surface area contributed by atoms with E-state index in [-0.39, 0.29) is 21.5 Å². The van der Waals surface area contributed by atoms with Gasteiger partial charge in [-0.2, -0.15) is 0 Å². The quantitative estimate of drug-likeness (QED) is 0.815. The van der Waals surface area contributed by atoms with Crippen molar-refractivity contribution in [1.29, 1.82) is 0 Å². The Balaban J connectivity index is 2.46. The van der Waals surface area contributed by atoms with Gasteiger partial charge in [0.25, 0.3) is 10.0 Å². The summed E-state index contributed by atoms with van der Waals surface area (Å²) in [6.07, 6.45) is 0. The highest BCUT2D eigenvalue weighted by molar-refractivity contribution is 7.94. The third-order valence-electron chi connectivity index (χ3n) is 2.77. The van der Waals surface area contributed by atoms with Gasteiger partial charge in [-0.3, -0.25) is 4.31 Å². The van der Waals surface area contributed by atoms with Crippen LogP contribution in [0.15, 0.2) is 40.6 Å². The lowest BCUT2D eigenvalue weighted by atomic mass is 10.3. The molecular formula is C13H14N2O3S3. The lowest BCUT2D eigenvalue weighted by Crippen LogP contribution is -2.30. The van der Waals surface area contributed by atoms with Gasteiger partial charge in [-0.25, -0.2) is 8.42 Å². The van der Waals surface area contributed by atoms with Crippen LogP contribution in [0.25, 0.3) is 0 Å². The zero-order valence-electron chi connectivity index (χ0n) is 11.2. The van der Waals surface area contributed by atoms with Crippen LogP contribution < -0.4 is 10.0 Å². The molecule has 112 valence electrons. The highest BCUT2D eigenvalue weighted by Crippen LogP contribution is 2.30. The fourth-order valence-electron chi connectivity index (χ4n) is 1.84. The SMILES string of the molecule is CCN(c1cccc(O)c1)S(=O)(=O)c1ccc(C(N)=S)s1. The van der Waals surface area contributed by atoms with Gasteiger partial charge in [-0.15, -0.1) is 11.3 Å². The summed E-state index contributed by atoms with van der Waals surface area (Å²) in [6, 6.07) is 9.19. The number of nitrogens with two attached hydrogens (primary N) is 1. The fraction of sp³-hybridized carbons (Fsp3) is 0.154. The number of thiocarbonyl (C=S) groups is 1. The summed E-state index contributed by atoms with van der Waals surface area (Å²) < 4.78 is 26.8. The molecule has 0 aliphatic heterocycles. The Hall–Kier alpha value is -1.64. The maximum atomic E-state index is 12.7. The third kappa shape index (κ3) is 3.17.